The zero-order chi connectivity index (χ0) is 22.1. The molecule has 6 heteroatoms. The van der Waals surface area contributed by atoms with Crippen molar-refractivity contribution in [1.29, 1.82) is 0 Å². The summed E-state index contributed by atoms with van der Waals surface area (Å²) in [6, 6.07) is 20.6. The average molecular weight is 429 g/mol. The van der Waals surface area contributed by atoms with Gasteiger partial charge in [-0.05, 0) is 28.3 Å². The maximum Gasteiger partial charge on any atom is 0.247 e. The lowest BCUT2D eigenvalue weighted by Gasteiger charge is -2.46. The van der Waals surface area contributed by atoms with E-state index in [0.29, 0.717) is 19.6 Å². The first-order chi connectivity index (χ1) is 15.6. The van der Waals surface area contributed by atoms with Crippen molar-refractivity contribution in [3.63, 3.8) is 0 Å². The van der Waals surface area contributed by atoms with Gasteiger partial charge in [-0.2, -0.15) is 0 Å². The van der Waals surface area contributed by atoms with Gasteiger partial charge in [0, 0.05) is 52.2 Å². The second-order valence-electron chi connectivity index (χ2n) is 8.78. The molecule has 0 spiro atoms. The van der Waals surface area contributed by atoms with Crippen molar-refractivity contribution in [3.8, 4) is 11.1 Å². The van der Waals surface area contributed by atoms with Crippen LogP contribution in [0.15, 0.2) is 73.1 Å². The molecule has 1 atom stereocenters. The summed E-state index contributed by atoms with van der Waals surface area (Å²) in [5.74, 6) is 0.106. The Morgan fingerprint density at radius 3 is 2.31 bits per heavy atom. The molecule has 164 valence electrons. The van der Waals surface area contributed by atoms with E-state index in [1.165, 1.54) is 16.7 Å². The minimum atomic E-state index is -0.391. The predicted molar refractivity (Wildman–Crippen MR) is 123 cm³/mol. The van der Waals surface area contributed by atoms with E-state index in [1.54, 1.807) is 9.80 Å². The monoisotopic (exact) mass is 428 g/mol. The van der Waals surface area contributed by atoms with Gasteiger partial charge in [-0.25, -0.2) is 0 Å². The van der Waals surface area contributed by atoms with Gasteiger partial charge in [-0.3, -0.25) is 14.5 Å². The lowest BCUT2D eigenvalue weighted by Crippen LogP contribution is -2.66. The van der Waals surface area contributed by atoms with Gasteiger partial charge in [0.15, 0.2) is 0 Å². The van der Waals surface area contributed by atoms with Crippen LogP contribution in [-0.2, 0) is 29.7 Å². The fourth-order valence-electron chi connectivity index (χ4n) is 4.74. The Morgan fingerprint density at radius 2 is 1.59 bits per heavy atom. The molecule has 0 saturated carbocycles. The Hall–Kier alpha value is -3.38. The summed E-state index contributed by atoms with van der Waals surface area (Å²) in [5, 5.41) is 0. The minimum Gasteiger partial charge on any atom is -0.357 e. The van der Waals surface area contributed by atoms with E-state index < -0.39 is 6.04 Å². The summed E-state index contributed by atoms with van der Waals surface area (Å²) in [7, 11) is 1.96. The standard InChI is InChI=1S/C26H28N4O2/c1-27-12-11-21(15-27)17-29-19-25(31)30-14-13-28(18-24(30)26(29)32)16-20-7-9-23(10-8-20)22-5-3-2-4-6-22/h2-12,15,24H,13-14,16-19H2,1H3. The first-order valence-corrected chi connectivity index (χ1v) is 11.1. The number of fused-ring (bicyclic) bond motifs is 1. The topological polar surface area (TPSA) is 48.8 Å². The van der Waals surface area contributed by atoms with Crippen LogP contribution >= 0.6 is 0 Å². The van der Waals surface area contributed by atoms with Crippen LogP contribution in [0.25, 0.3) is 11.1 Å². The summed E-state index contributed by atoms with van der Waals surface area (Å²) in [6.45, 7) is 3.41. The molecule has 1 unspecified atom stereocenters. The van der Waals surface area contributed by atoms with Gasteiger partial charge in [0.05, 0.1) is 0 Å². The van der Waals surface area contributed by atoms with Gasteiger partial charge in [0.2, 0.25) is 11.8 Å². The smallest absolute Gasteiger partial charge is 0.247 e. The highest BCUT2D eigenvalue weighted by Crippen LogP contribution is 2.23. The van der Waals surface area contributed by atoms with Crippen molar-refractivity contribution in [2.45, 2.75) is 19.1 Å². The molecule has 3 aromatic rings. The van der Waals surface area contributed by atoms with Crippen LogP contribution in [0.4, 0.5) is 0 Å². The van der Waals surface area contributed by atoms with Crippen LogP contribution in [0.3, 0.4) is 0 Å². The van der Waals surface area contributed by atoms with E-state index in [1.807, 2.05) is 48.3 Å². The van der Waals surface area contributed by atoms with E-state index in [9.17, 15) is 9.59 Å². The molecule has 0 aliphatic carbocycles. The quantitative estimate of drug-likeness (QED) is 0.628. The fourth-order valence-corrected chi connectivity index (χ4v) is 4.74. The van der Waals surface area contributed by atoms with Gasteiger partial charge in [-0.15, -0.1) is 0 Å². The Labute approximate surface area is 188 Å². The lowest BCUT2D eigenvalue weighted by molar-refractivity contribution is -0.160. The molecule has 32 heavy (non-hydrogen) atoms. The molecule has 6 nitrogen and oxygen atoms in total. The number of hydrogen-bond acceptors (Lipinski definition) is 3. The number of hydrogen-bond donors (Lipinski definition) is 0. The number of rotatable bonds is 5. The number of aryl methyl sites for hydroxylation is 1. The first kappa shape index (κ1) is 20.5. The molecule has 1 aromatic heterocycles. The van der Waals surface area contributed by atoms with Crippen molar-refractivity contribution in [3.05, 3.63) is 84.2 Å². The van der Waals surface area contributed by atoms with Crippen LogP contribution < -0.4 is 0 Å². The number of benzene rings is 2. The molecular weight excluding hydrogens is 400 g/mol. The zero-order valence-electron chi connectivity index (χ0n) is 18.4. The van der Waals surface area contributed by atoms with E-state index in [-0.39, 0.29) is 18.4 Å². The van der Waals surface area contributed by atoms with E-state index in [4.69, 9.17) is 0 Å². The van der Waals surface area contributed by atoms with Crippen LogP contribution in [0.2, 0.25) is 0 Å². The van der Waals surface area contributed by atoms with Crippen molar-refractivity contribution in [2.24, 2.45) is 7.05 Å². The van der Waals surface area contributed by atoms with E-state index in [0.717, 1.165) is 18.7 Å². The molecule has 2 aromatic carbocycles. The molecule has 0 bridgehead atoms. The molecule has 0 N–H and O–H groups in total. The highest BCUT2D eigenvalue weighted by molar-refractivity contribution is 5.95. The summed E-state index contributed by atoms with van der Waals surface area (Å²) in [5.41, 5.74) is 4.67. The third-order valence-corrected chi connectivity index (χ3v) is 6.44. The van der Waals surface area contributed by atoms with Crippen molar-refractivity contribution in [2.75, 3.05) is 26.2 Å². The molecule has 5 rings (SSSR count). The number of carbonyl (C=O) groups is 2. The predicted octanol–water partition coefficient (Wildman–Crippen LogP) is 2.75. The second-order valence-corrected chi connectivity index (χ2v) is 8.78. The highest BCUT2D eigenvalue weighted by Gasteiger charge is 2.42. The third-order valence-electron chi connectivity index (χ3n) is 6.44. The zero-order valence-corrected chi connectivity index (χ0v) is 18.4. The Kier molecular flexibility index (Phi) is 5.53. The molecule has 2 aliphatic heterocycles. The first-order valence-electron chi connectivity index (χ1n) is 11.1. The fraction of sp³-hybridized carbons (Fsp3) is 0.308. The molecule has 2 aliphatic rings. The third kappa shape index (κ3) is 4.18. The molecule has 2 fully saturated rings. The molecule has 0 radical (unpaired) electrons. The summed E-state index contributed by atoms with van der Waals surface area (Å²) in [4.78, 5) is 31.7. The normalized spacial score (nSPS) is 19.3. The summed E-state index contributed by atoms with van der Waals surface area (Å²) < 4.78 is 1.96. The largest absolute Gasteiger partial charge is 0.357 e. The molecule has 2 amide bonds. The maximum absolute atomic E-state index is 13.2. The molecule has 3 heterocycles. The van der Waals surface area contributed by atoms with Gasteiger partial charge < -0.3 is 14.4 Å². The summed E-state index contributed by atoms with van der Waals surface area (Å²) in [6.07, 6.45) is 3.96. The number of piperazine rings is 2. The Morgan fingerprint density at radius 1 is 0.844 bits per heavy atom. The van der Waals surface area contributed by atoms with Crippen LogP contribution in [0.5, 0.6) is 0 Å². The van der Waals surface area contributed by atoms with Crippen LogP contribution in [0, 0.1) is 0 Å². The summed E-state index contributed by atoms with van der Waals surface area (Å²) >= 11 is 0. The number of amides is 2. The van der Waals surface area contributed by atoms with Crippen LogP contribution in [-0.4, -0.2) is 63.3 Å². The Bertz CT molecular complexity index is 1110. The van der Waals surface area contributed by atoms with Crippen LogP contribution in [0.1, 0.15) is 11.1 Å². The van der Waals surface area contributed by atoms with Crippen molar-refractivity contribution >= 4 is 11.8 Å². The highest BCUT2D eigenvalue weighted by atomic mass is 16.2. The van der Waals surface area contributed by atoms with E-state index >= 15 is 0 Å². The van der Waals surface area contributed by atoms with Gasteiger partial charge >= 0.3 is 0 Å². The number of nitrogens with zero attached hydrogens (tertiary/aromatic N) is 4. The van der Waals surface area contributed by atoms with Gasteiger partial charge in [0.1, 0.15) is 12.6 Å². The number of aromatic nitrogens is 1. The van der Waals surface area contributed by atoms with E-state index in [2.05, 4.69) is 41.3 Å². The average Bonchev–Trinajstić information content (AvgIpc) is 3.23. The van der Waals surface area contributed by atoms with Crippen molar-refractivity contribution < 1.29 is 9.59 Å². The van der Waals surface area contributed by atoms with Crippen molar-refractivity contribution in [1.82, 2.24) is 19.3 Å². The molecule has 2 saturated heterocycles. The SMILES string of the molecule is Cn1ccc(CN2CC(=O)N3CCN(Cc4ccc(-c5ccccc5)cc4)CC3C2=O)c1. The van der Waals surface area contributed by atoms with Gasteiger partial charge in [-0.1, -0.05) is 54.6 Å². The minimum absolute atomic E-state index is 0.0531. The lowest BCUT2D eigenvalue weighted by atomic mass is 10.0. The Balaban J connectivity index is 1.25. The van der Waals surface area contributed by atoms with Gasteiger partial charge in [0.25, 0.3) is 0 Å². The second kappa shape index (κ2) is 8.63. The number of carbonyl (C=O) groups excluding carboxylic acids is 2. The maximum atomic E-state index is 13.2. The molecular formula is C26H28N4O2.